The number of hydrogen-bond donors (Lipinski definition) is 0. The summed E-state index contributed by atoms with van der Waals surface area (Å²) in [7, 11) is 3.14. The minimum atomic E-state index is -0.300. The van der Waals surface area contributed by atoms with E-state index in [0.29, 0.717) is 40.1 Å². The van der Waals surface area contributed by atoms with Crippen molar-refractivity contribution >= 4 is 0 Å². The second-order valence-corrected chi connectivity index (χ2v) is 6.40. The zero-order chi connectivity index (χ0) is 20.9. The molecule has 0 radical (unpaired) electrons. The van der Waals surface area contributed by atoms with Gasteiger partial charge in [-0.1, -0.05) is 35.5 Å². The fourth-order valence-electron chi connectivity index (χ4n) is 2.93. The van der Waals surface area contributed by atoms with Crippen LogP contribution in [0.1, 0.15) is 5.56 Å². The Balaban J connectivity index is 1.54. The molecule has 0 amide bonds. The molecule has 152 valence electrons. The van der Waals surface area contributed by atoms with E-state index in [1.165, 1.54) is 6.07 Å². The van der Waals surface area contributed by atoms with E-state index in [9.17, 15) is 4.39 Å². The molecule has 30 heavy (non-hydrogen) atoms. The summed E-state index contributed by atoms with van der Waals surface area (Å²) in [6.07, 6.45) is 0. The van der Waals surface area contributed by atoms with Crippen LogP contribution in [0.4, 0.5) is 4.39 Å². The molecule has 3 aromatic carbocycles. The van der Waals surface area contributed by atoms with Gasteiger partial charge in [-0.25, -0.2) is 4.39 Å². The third-order valence-electron chi connectivity index (χ3n) is 4.50. The first kappa shape index (κ1) is 19.4. The quantitative estimate of drug-likeness (QED) is 0.423. The van der Waals surface area contributed by atoms with Gasteiger partial charge in [-0.15, -0.1) is 0 Å². The topological polar surface area (TPSA) is 66.6 Å². The number of aromatic nitrogens is 2. The summed E-state index contributed by atoms with van der Waals surface area (Å²) in [6.45, 7) is 0.124. The Kier molecular flexibility index (Phi) is 5.61. The molecule has 0 aliphatic rings. The Labute approximate surface area is 172 Å². The Morgan fingerprint density at radius 1 is 0.867 bits per heavy atom. The minimum Gasteiger partial charge on any atom is -0.493 e. The Morgan fingerprint density at radius 3 is 2.50 bits per heavy atom. The van der Waals surface area contributed by atoms with Gasteiger partial charge in [0.2, 0.25) is 5.82 Å². The zero-order valence-corrected chi connectivity index (χ0v) is 16.5. The second kappa shape index (κ2) is 8.65. The molecule has 1 heterocycles. The van der Waals surface area contributed by atoms with Gasteiger partial charge in [0.15, 0.2) is 11.5 Å². The van der Waals surface area contributed by atoms with Crippen molar-refractivity contribution in [3.05, 3.63) is 78.1 Å². The van der Waals surface area contributed by atoms with Gasteiger partial charge in [-0.2, -0.15) is 4.98 Å². The molecule has 0 aliphatic heterocycles. The number of rotatable bonds is 7. The second-order valence-electron chi connectivity index (χ2n) is 6.40. The molecule has 6 nitrogen and oxygen atoms in total. The summed E-state index contributed by atoms with van der Waals surface area (Å²) in [4.78, 5) is 4.47. The van der Waals surface area contributed by atoms with Crippen LogP contribution in [-0.4, -0.2) is 24.4 Å². The van der Waals surface area contributed by atoms with Crippen molar-refractivity contribution in [1.82, 2.24) is 10.1 Å². The van der Waals surface area contributed by atoms with Gasteiger partial charge >= 0.3 is 0 Å². The molecule has 0 aliphatic carbocycles. The summed E-state index contributed by atoms with van der Waals surface area (Å²) < 4.78 is 35.5. The van der Waals surface area contributed by atoms with E-state index < -0.39 is 0 Å². The summed E-state index contributed by atoms with van der Waals surface area (Å²) >= 11 is 0. The third-order valence-corrected chi connectivity index (χ3v) is 4.50. The number of hydrogen-bond acceptors (Lipinski definition) is 6. The van der Waals surface area contributed by atoms with Gasteiger partial charge in [0.1, 0.15) is 18.2 Å². The van der Waals surface area contributed by atoms with Crippen LogP contribution < -0.4 is 14.2 Å². The van der Waals surface area contributed by atoms with Crippen molar-refractivity contribution in [2.75, 3.05) is 14.2 Å². The van der Waals surface area contributed by atoms with E-state index in [0.717, 1.165) is 5.56 Å². The molecule has 0 atom stereocenters. The summed E-state index contributed by atoms with van der Waals surface area (Å²) in [6, 6.07) is 19.1. The largest absolute Gasteiger partial charge is 0.493 e. The van der Waals surface area contributed by atoms with Crippen molar-refractivity contribution < 1.29 is 23.1 Å². The molecule has 0 fully saturated rings. The summed E-state index contributed by atoms with van der Waals surface area (Å²) in [5.74, 6) is 2.22. The van der Waals surface area contributed by atoms with Gasteiger partial charge in [0.05, 0.1) is 14.2 Å². The molecule has 0 N–H and O–H groups in total. The molecule has 0 saturated heterocycles. The highest BCUT2D eigenvalue weighted by molar-refractivity contribution is 5.63. The summed E-state index contributed by atoms with van der Waals surface area (Å²) in [5.41, 5.74) is 1.91. The molecule has 4 rings (SSSR count). The van der Waals surface area contributed by atoms with Gasteiger partial charge in [0, 0.05) is 16.7 Å². The van der Waals surface area contributed by atoms with Crippen molar-refractivity contribution in [3.8, 4) is 40.1 Å². The molecular formula is C23H19FN2O4. The van der Waals surface area contributed by atoms with Gasteiger partial charge in [-0.05, 0) is 36.4 Å². The molecule has 1 aromatic heterocycles. The van der Waals surface area contributed by atoms with E-state index in [1.54, 1.807) is 56.7 Å². The Bertz CT molecular complexity index is 1160. The van der Waals surface area contributed by atoms with Crippen LogP contribution in [0.3, 0.4) is 0 Å². The number of benzene rings is 3. The predicted molar refractivity (Wildman–Crippen MR) is 109 cm³/mol. The molecular weight excluding hydrogens is 387 g/mol. The molecule has 4 aromatic rings. The number of halogens is 1. The molecule has 0 unspecified atom stereocenters. The first-order valence-electron chi connectivity index (χ1n) is 9.20. The monoisotopic (exact) mass is 406 g/mol. The SMILES string of the molecule is COc1ccc(-c2nc(-c3cccc(OCc4ccccc4F)c3)no2)cc1OC. The molecule has 0 spiro atoms. The van der Waals surface area contributed by atoms with E-state index in [-0.39, 0.29) is 12.4 Å². The maximum atomic E-state index is 13.8. The lowest BCUT2D eigenvalue weighted by Gasteiger charge is -2.08. The van der Waals surface area contributed by atoms with Crippen LogP contribution in [0.15, 0.2) is 71.3 Å². The highest BCUT2D eigenvalue weighted by Crippen LogP contribution is 2.32. The Hall–Kier alpha value is -3.87. The Morgan fingerprint density at radius 2 is 1.70 bits per heavy atom. The maximum Gasteiger partial charge on any atom is 0.258 e. The van der Waals surface area contributed by atoms with E-state index in [4.69, 9.17) is 18.7 Å². The van der Waals surface area contributed by atoms with E-state index >= 15 is 0 Å². The highest BCUT2D eigenvalue weighted by Gasteiger charge is 2.14. The predicted octanol–water partition coefficient (Wildman–Crippen LogP) is 5.14. The van der Waals surface area contributed by atoms with Gasteiger partial charge in [-0.3, -0.25) is 0 Å². The number of nitrogens with zero attached hydrogens (tertiary/aromatic N) is 2. The van der Waals surface area contributed by atoms with Crippen LogP contribution in [0, 0.1) is 5.82 Å². The first-order valence-corrected chi connectivity index (χ1v) is 9.20. The van der Waals surface area contributed by atoms with Crippen LogP contribution in [-0.2, 0) is 6.61 Å². The van der Waals surface area contributed by atoms with Crippen molar-refractivity contribution in [2.24, 2.45) is 0 Å². The average Bonchev–Trinajstić information content (AvgIpc) is 3.29. The van der Waals surface area contributed by atoms with Crippen LogP contribution in [0.25, 0.3) is 22.8 Å². The standard InChI is InChI=1S/C23H19FN2O4/c1-27-20-11-10-16(13-21(20)28-2)23-25-22(26-30-23)15-7-5-8-18(12-15)29-14-17-6-3-4-9-19(17)24/h3-13H,14H2,1-2H3. The highest BCUT2D eigenvalue weighted by atomic mass is 19.1. The lowest BCUT2D eigenvalue weighted by atomic mass is 10.2. The molecule has 0 saturated carbocycles. The summed E-state index contributed by atoms with van der Waals surface area (Å²) in [5, 5.41) is 4.06. The first-order chi connectivity index (χ1) is 14.7. The number of ether oxygens (including phenoxy) is 3. The third kappa shape index (κ3) is 4.10. The van der Waals surface area contributed by atoms with Crippen molar-refractivity contribution in [3.63, 3.8) is 0 Å². The van der Waals surface area contributed by atoms with Crippen molar-refractivity contribution in [1.29, 1.82) is 0 Å². The zero-order valence-electron chi connectivity index (χ0n) is 16.5. The number of methoxy groups -OCH3 is 2. The minimum absolute atomic E-state index is 0.124. The van der Waals surface area contributed by atoms with E-state index in [1.807, 2.05) is 18.2 Å². The van der Waals surface area contributed by atoms with Gasteiger partial charge < -0.3 is 18.7 Å². The van der Waals surface area contributed by atoms with E-state index in [2.05, 4.69) is 10.1 Å². The maximum absolute atomic E-state index is 13.8. The van der Waals surface area contributed by atoms with Crippen LogP contribution in [0.2, 0.25) is 0 Å². The molecule has 7 heteroatoms. The fraction of sp³-hybridized carbons (Fsp3) is 0.130. The normalized spacial score (nSPS) is 10.6. The average molecular weight is 406 g/mol. The fourth-order valence-corrected chi connectivity index (χ4v) is 2.93. The lowest BCUT2D eigenvalue weighted by molar-refractivity contribution is 0.300. The lowest BCUT2D eigenvalue weighted by Crippen LogP contribution is -1.98. The molecule has 0 bridgehead atoms. The van der Waals surface area contributed by atoms with Crippen LogP contribution in [0.5, 0.6) is 17.2 Å². The van der Waals surface area contributed by atoms with Gasteiger partial charge in [0.25, 0.3) is 5.89 Å². The van der Waals surface area contributed by atoms with Crippen molar-refractivity contribution in [2.45, 2.75) is 6.61 Å². The van der Waals surface area contributed by atoms with Crippen LogP contribution >= 0.6 is 0 Å². The smallest absolute Gasteiger partial charge is 0.258 e.